The number of nitrogens with one attached hydrogen (secondary N) is 2. The average molecular weight is 288 g/mol. The molecule has 0 bridgehead atoms. The highest BCUT2D eigenvalue weighted by atomic mass is 16.5. The first kappa shape index (κ1) is 14.1. The monoisotopic (exact) mass is 288 g/mol. The summed E-state index contributed by atoms with van der Waals surface area (Å²) < 4.78 is 5.67. The van der Waals surface area contributed by atoms with Gasteiger partial charge in [-0.15, -0.1) is 0 Å². The third-order valence-electron chi connectivity index (χ3n) is 4.05. The van der Waals surface area contributed by atoms with Crippen molar-refractivity contribution in [1.82, 2.24) is 5.32 Å². The summed E-state index contributed by atoms with van der Waals surface area (Å²) in [6, 6.07) is 5.12. The zero-order valence-electron chi connectivity index (χ0n) is 12.4. The van der Waals surface area contributed by atoms with Crippen LogP contribution in [0.2, 0.25) is 0 Å². The smallest absolute Gasteiger partial charge is 0.268 e. The van der Waals surface area contributed by atoms with Gasteiger partial charge in [0.25, 0.3) is 5.91 Å². The lowest BCUT2D eigenvalue weighted by Crippen LogP contribution is -2.45. The summed E-state index contributed by atoms with van der Waals surface area (Å²) in [5.41, 5.74) is 0.293. The van der Waals surface area contributed by atoms with Crippen molar-refractivity contribution in [2.45, 2.75) is 44.8 Å². The van der Waals surface area contributed by atoms with Gasteiger partial charge in [-0.2, -0.15) is 0 Å². The van der Waals surface area contributed by atoms with Crippen LogP contribution in [0.4, 0.5) is 5.69 Å². The lowest BCUT2D eigenvalue weighted by molar-refractivity contribution is -0.129. The number of ketones is 1. The van der Waals surface area contributed by atoms with E-state index < -0.39 is 5.60 Å². The number of fused-ring (bicyclic) bond motifs is 1. The minimum absolute atomic E-state index is 0.0802. The minimum Gasteiger partial charge on any atom is -0.476 e. The fourth-order valence-corrected chi connectivity index (χ4v) is 2.74. The number of carbonyl (C=O) groups is 2. The Kier molecular flexibility index (Phi) is 3.45. The molecule has 0 aliphatic carbocycles. The summed E-state index contributed by atoms with van der Waals surface area (Å²) in [5, 5.41) is 6.06. The van der Waals surface area contributed by atoms with Crippen LogP contribution in [0.1, 0.15) is 43.5 Å². The van der Waals surface area contributed by atoms with Gasteiger partial charge in [-0.3, -0.25) is 9.59 Å². The maximum Gasteiger partial charge on any atom is 0.268 e. The number of benzene rings is 1. The van der Waals surface area contributed by atoms with Crippen molar-refractivity contribution in [1.29, 1.82) is 0 Å². The largest absolute Gasteiger partial charge is 0.476 e. The molecule has 0 aromatic heterocycles. The Morgan fingerprint density at radius 2 is 2.14 bits per heavy atom. The summed E-state index contributed by atoms with van der Waals surface area (Å²) in [6.07, 6.45) is 3.06. The molecule has 1 amide bonds. The first-order valence-electron chi connectivity index (χ1n) is 7.39. The molecule has 1 unspecified atom stereocenters. The number of amides is 1. The van der Waals surface area contributed by atoms with Gasteiger partial charge in [0, 0.05) is 5.56 Å². The number of carbonyl (C=O) groups excluding carboxylic acids is 2. The van der Waals surface area contributed by atoms with Gasteiger partial charge in [0.1, 0.15) is 5.75 Å². The lowest BCUT2D eigenvalue weighted by Gasteiger charge is -2.32. The van der Waals surface area contributed by atoms with Crippen LogP contribution in [0.25, 0.3) is 0 Å². The van der Waals surface area contributed by atoms with Gasteiger partial charge in [-0.1, -0.05) is 6.42 Å². The van der Waals surface area contributed by atoms with Crippen LogP contribution in [0.3, 0.4) is 0 Å². The van der Waals surface area contributed by atoms with E-state index in [4.69, 9.17) is 4.74 Å². The standard InChI is InChI=1S/C16H20N2O3/c1-16(2)15(20)18-12-9-10(6-7-13(12)21-16)14(19)11-5-3-4-8-17-11/h6-7,9,11,17H,3-5,8H2,1-2H3,(H,18,20). The molecule has 1 saturated heterocycles. The van der Waals surface area contributed by atoms with Gasteiger partial charge < -0.3 is 15.4 Å². The van der Waals surface area contributed by atoms with E-state index in [0.29, 0.717) is 17.0 Å². The van der Waals surface area contributed by atoms with Crippen molar-refractivity contribution >= 4 is 17.4 Å². The second-order valence-corrected chi connectivity index (χ2v) is 6.14. The van der Waals surface area contributed by atoms with E-state index >= 15 is 0 Å². The fraction of sp³-hybridized carbons (Fsp3) is 0.500. The second-order valence-electron chi connectivity index (χ2n) is 6.14. The van der Waals surface area contributed by atoms with Gasteiger partial charge in [0.05, 0.1) is 11.7 Å². The predicted molar refractivity (Wildman–Crippen MR) is 79.8 cm³/mol. The summed E-state index contributed by atoms with van der Waals surface area (Å²) in [5.74, 6) is 0.486. The Labute approximate surface area is 124 Å². The lowest BCUT2D eigenvalue weighted by atomic mass is 9.95. The Morgan fingerprint density at radius 3 is 2.86 bits per heavy atom. The van der Waals surface area contributed by atoms with Crippen LogP contribution in [0.5, 0.6) is 5.75 Å². The third-order valence-corrected chi connectivity index (χ3v) is 4.05. The number of Topliss-reactive ketones (excluding diaryl/α,β-unsaturated/α-hetero) is 1. The summed E-state index contributed by atoms with van der Waals surface area (Å²) >= 11 is 0. The highest BCUT2D eigenvalue weighted by Crippen LogP contribution is 2.34. The SMILES string of the molecule is CC1(C)Oc2ccc(C(=O)C3CCCCN3)cc2NC1=O. The molecule has 0 saturated carbocycles. The minimum atomic E-state index is -0.885. The molecule has 112 valence electrons. The highest BCUT2D eigenvalue weighted by Gasteiger charge is 2.35. The van der Waals surface area contributed by atoms with Crippen molar-refractivity contribution in [2.75, 3.05) is 11.9 Å². The molecular weight excluding hydrogens is 268 g/mol. The molecule has 21 heavy (non-hydrogen) atoms. The van der Waals surface area contributed by atoms with Crippen LogP contribution in [-0.2, 0) is 4.79 Å². The topological polar surface area (TPSA) is 67.4 Å². The number of rotatable bonds is 2. The molecule has 1 aromatic rings. The van der Waals surface area contributed by atoms with Crippen molar-refractivity contribution in [3.8, 4) is 5.75 Å². The van der Waals surface area contributed by atoms with E-state index in [0.717, 1.165) is 25.8 Å². The van der Waals surface area contributed by atoms with Crippen LogP contribution in [-0.4, -0.2) is 29.9 Å². The molecule has 1 fully saturated rings. The number of ether oxygens (including phenoxy) is 1. The molecule has 5 heteroatoms. The summed E-state index contributed by atoms with van der Waals surface area (Å²) in [4.78, 5) is 24.4. The molecule has 2 aliphatic rings. The van der Waals surface area contributed by atoms with E-state index in [1.165, 1.54) is 0 Å². The van der Waals surface area contributed by atoms with Gasteiger partial charge in [0.15, 0.2) is 11.4 Å². The van der Waals surface area contributed by atoms with E-state index in [2.05, 4.69) is 10.6 Å². The Balaban J connectivity index is 1.85. The van der Waals surface area contributed by atoms with Crippen LogP contribution in [0, 0.1) is 0 Å². The number of anilines is 1. The molecule has 1 atom stereocenters. The van der Waals surface area contributed by atoms with Crippen molar-refractivity contribution in [3.63, 3.8) is 0 Å². The number of piperidine rings is 1. The maximum absolute atomic E-state index is 12.5. The molecular formula is C16H20N2O3. The molecule has 0 radical (unpaired) electrons. The molecule has 1 aromatic carbocycles. The quantitative estimate of drug-likeness (QED) is 0.818. The van der Waals surface area contributed by atoms with Gasteiger partial charge in [-0.05, 0) is 51.4 Å². The van der Waals surface area contributed by atoms with Crippen LogP contribution >= 0.6 is 0 Å². The second kappa shape index (κ2) is 5.15. The first-order valence-corrected chi connectivity index (χ1v) is 7.39. The third kappa shape index (κ3) is 2.65. The maximum atomic E-state index is 12.5. The van der Waals surface area contributed by atoms with Crippen molar-refractivity contribution < 1.29 is 14.3 Å². The van der Waals surface area contributed by atoms with E-state index in [-0.39, 0.29) is 17.7 Å². The summed E-state index contributed by atoms with van der Waals surface area (Å²) in [7, 11) is 0. The molecule has 3 rings (SSSR count). The predicted octanol–water partition coefficient (Wildman–Crippen LogP) is 2.12. The zero-order valence-corrected chi connectivity index (χ0v) is 12.4. The molecule has 2 heterocycles. The molecule has 5 nitrogen and oxygen atoms in total. The van der Waals surface area contributed by atoms with Crippen molar-refractivity contribution in [2.24, 2.45) is 0 Å². The number of hydrogen-bond acceptors (Lipinski definition) is 4. The summed E-state index contributed by atoms with van der Waals surface area (Å²) in [6.45, 7) is 4.32. The molecule has 2 aliphatic heterocycles. The Morgan fingerprint density at radius 1 is 1.33 bits per heavy atom. The van der Waals surface area contributed by atoms with Gasteiger partial charge >= 0.3 is 0 Å². The normalized spacial score (nSPS) is 23.7. The zero-order chi connectivity index (χ0) is 15.0. The van der Waals surface area contributed by atoms with E-state index in [1.54, 1.807) is 32.0 Å². The Bertz CT molecular complexity index is 589. The van der Waals surface area contributed by atoms with Crippen LogP contribution in [0.15, 0.2) is 18.2 Å². The average Bonchev–Trinajstić information content (AvgIpc) is 2.48. The van der Waals surface area contributed by atoms with E-state index in [1.807, 2.05) is 0 Å². The molecule has 2 N–H and O–H groups in total. The van der Waals surface area contributed by atoms with Crippen LogP contribution < -0.4 is 15.4 Å². The van der Waals surface area contributed by atoms with Gasteiger partial charge in [0.2, 0.25) is 0 Å². The van der Waals surface area contributed by atoms with Gasteiger partial charge in [-0.25, -0.2) is 0 Å². The fourth-order valence-electron chi connectivity index (χ4n) is 2.74. The molecule has 0 spiro atoms. The number of hydrogen-bond donors (Lipinski definition) is 2. The van der Waals surface area contributed by atoms with Crippen molar-refractivity contribution in [3.05, 3.63) is 23.8 Å². The first-order chi connectivity index (χ1) is 9.97. The van der Waals surface area contributed by atoms with E-state index in [9.17, 15) is 9.59 Å². The Hall–Kier alpha value is -1.88. The highest BCUT2D eigenvalue weighted by molar-refractivity contribution is 6.04.